The molecule has 1 aromatic heterocycles. The van der Waals surface area contributed by atoms with Crippen LogP contribution in [0.2, 0.25) is 0 Å². The average Bonchev–Trinajstić information content (AvgIpc) is 2.47. The maximum Gasteiger partial charge on any atom is 0.142 e. The highest BCUT2D eigenvalue weighted by molar-refractivity contribution is 5.94. The molecule has 0 saturated heterocycles. The Labute approximate surface area is 119 Å². The molecule has 104 valence electrons. The van der Waals surface area contributed by atoms with Crippen molar-refractivity contribution in [3.05, 3.63) is 59.4 Å². The number of benzene rings is 1. The number of ether oxygens (including phenoxy) is 1. The molecule has 20 heavy (non-hydrogen) atoms. The number of amidine groups is 1. The van der Waals surface area contributed by atoms with E-state index in [0.29, 0.717) is 12.3 Å². The Balaban J connectivity index is 2.03. The van der Waals surface area contributed by atoms with E-state index in [4.69, 9.17) is 15.9 Å². The Morgan fingerprint density at radius 1 is 1.25 bits per heavy atom. The van der Waals surface area contributed by atoms with Gasteiger partial charge in [-0.25, -0.2) is 0 Å². The maximum absolute atomic E-state index is 7.49. The van der Waals surface area contributed by atoms with Crippen LogP contribution in [0.4, 0.5) is 0 Å². The molecule has 0 saturated carbocycles. The van der Waals surface area contributed by atoms with Gasteiger partial charge in [-0.2, -0.15) is 0 Å². The van der Waals surface area contributed by atoms with E-state index in [1.807, 2.05) is 24.3 Å². The molecule has 1 heterocycles. The van der Waals surface area contributed by atoms with Crippen molar-refractivity contribution in [2.24, 2.45) is 5.73 Å². The van der Waals surface area contributed by atoms with Crippen molar-refractivity contribution in [3.8, 4) is 5.75 Å². The highest BCUT2D eigenvalue weighted by Gasteiger charge is 2.06. The minimum Gasteiger partial charge on any atom is -0.489 e. The van der Waals surface area contributed by atoms with Gasteiger partial charge in [-0.05, 0) is 30.2 Å². The SMILES string of the molecule is CCCc1ccc(OCc2cccnc2C(=N)N)cc1. The summed E-state index contributed by atoms with van der Waals surface area (Å²) in [6.07, 6.45) is 3.84. The molecule has 0 fully saturated rings. The van der Waals surface area contributed by atoms with Crippen LogP contribution in [0.1, 0.15) is 30.2 Å². The molecule has 4 heteroatoms. The monoisotopic (exact) mass is 269 g/mol. The van der Waals surface area contributed by atoms with Crippen molar-refractivity contribution in [2.75, 3.05) is 0 Å². The highest BCUT2D eigenvalue weighted by atomic mass is 16.5. The zero-order valence-electron chi connectivity index (χ0n) is 11.6. The molecule has 1 aromatic carbocycles. The smallest absolute Gasteiger partial charge is 0.142 e. The number of aryl methyl sites for hydroxylation is 1. The first-order valence-corrected chi connectivity index (χ1v) is 6.70. The number of nitrogen functional groups attached to an aromatic ring is 1. The van der Waals surface area contributed by atoms with Gasteiger partial charge in [-0.15, -0.1) is 0 Å². The number of nitrogens with zero attached hydrogens (tertiary/aromatic N) is 1. The molecule has 0 atom stereocenters. The van der Waals surface area contributed by atoms with Crippen molar-refractivity contribution >= 4 is 5.84 Å². The fourth-order valence-corrected chi connectivity index (χ4v) is 2.00. The van der Waals surface area contributed by atoms with Crippen molar-refractivity contribution in [2.45, 2.75) is 26.4 Å². The summed E-state index contributed by atoms with van der Waals surface area (Å²) in [6, 6.07) is 11.8. The van der Waals surface area contributed by atoms with Gasteiger partial charge in [0.1, 0.15) is 23.9 Å². The quantitative estimate of drug-likeness (QED) is 0.625. The third-order valence-corrected chi connectivity index (χ3v) is 3.00. The predicted molar refractivity (Wildman–Crippen MR) is 80.0 cm³/mol. The summed E-state index contributed by atoms with van der Waals surface area (Å²) in [4.78, 5) is 4.10. The fourth-order valence-electron chi connectivity index (χ4n) is 2.00. The lowest BCUT2D eigenvalue weighted by atomic mass is 10.1. The van der Waals surface area contributed by atoms with Gasteiger partial charge in [0.15, 0.2) is 0 Å². The van der Waals surface area contributed by atoms with Gasteiger partial charge >= 0.3 is 0 Å². The van der Waals surface area contributed by atoms with Gasteiger partial charge in [0.2, 0.25) is 0 Å². The van der Waals surface area contributed by atoms with Crippen LogP contribution < -0.4 is 10.5 Å². The second kappa shape index (κ2) is 6.70. The Kier molecular flexibility index (Phi) is 4.71. The molecular weight excluding hydrogens is 250 g/mol. The Hall–Kier alpha value is -2.36. The van der Waals surface area contributed by atoms with E-state index in [2.05, 4.69) is 24.0 Å². The summed E-state index contributed by atoms with van der Waals surface area (Å²) in [7, 11) is 0. The first-order valence-electron chi connectivity index (χ1n) is 6.70. The normalized spacial score (nSPS) is 10.2. The number of rotatable bonds is 6. The largest absolute Gasteiger partial charge is 0.489 e. The zero-order chi connectivity index (χ0) is 14.4. The van der Waals surface area contributed by atoms with Gasteiger partial charge in [-0.1, -0.05) is 31.5 Å². The molecule has 2 aromatic rings. The lowest BCUT2D eigenvalue weighted by Crippen LogP contribution is -2.16. The number of nitrogens with one attached hydrogen (secondary N) is 1. The van der Waals surface area contributed by atoms with Crippen molar-refractivity contribution < 1.29 is 4.74 Å². The van der Waals surface area contributed by atoms with E-state index < -0.39 is 0 Å². The first-order chi connectivity index (χ1) is 9.70. The highest BCUT2D eigenvalue weighted by Crippen LogP contribution is 2.16. The number of aromatic nitrogens is 1. The molecule has 0 unspecified atom stereocenters. The van der Waals surface area contributed by atoms with E-state index in [-0.39, 0.29) is 5.84 Å². The molecule has 3 N–H and O–H groups in total. The van der Waals surface area contributed by atoms with Gasteiger partial charge in [0.05, 0.1) is 0 Å². The van der Waals surface area contributed by atoms with Crippen LogP contribution in [0.25, 0.3) is 0 Å². The minimum atomic E-state index is -0.0394. The molecule has 0 aliphatic carbocycles. The molecule has 0 bridgehead atoms. The minimum absolute atomic E-state index is 0.0394. The number of hydrogen-bond donors (Lipinski definition) is 2. The van der Waals surface area contributed by atoms with Crippen molar-refractivity contribution in [3.63, 3.8) is 0 Å². The van der Waals surface area contributed by atoms with Crippen molar-refractivity contribution in [1.82, 2.24) is 4.98 Å². The lowest BCUT2D eigenvalue weighted by Gasteiger charge is -2.09. The average molecular weight is 269 g/mol. The van der Waals surface area contributed by atoms with Gasteiger partial charge in [-0.3, -0.25) is 10.4 Å². The van der Waals surface area contributed by atoms with Gasteiger partial charge in [0, 0.05) is 11.8 Å². The first kappa shape index (κ1) is 14.1. The maximum atomic E-state index is 7.49. The topological polar surface area (TPSA) is 72.0 Å². The Morgan fingerprint density at radius 2 is 2.00 bits per heavy atom. The summed E-state index contributed by atoms with van der Waals surface area (Å²) in [6.45, 7) is 2.52. The second-order valence-electron chi connectivity index (χ2n) is 4.61. The molecule has 2 rings (SSSR count). The Bertz CT molecular complexity index is 579. The molecule has 4 nitrogen and oxygen atoms in total. The van der Waals surface area contributed by atoms with Crippen LogP contribution in [0, 0.1) is 5.41 Å². The molecule has 0 amide bonds. The Morgan fingerprint density at radius 3 is 2.65 bits per heavy atom. The van der Waals surface area contributed by atoms with Gasteiger partial charge in [0.25, 0.3) is 0 Å². The fraction of sp³-hybridized carbons (Fsp3) is 0.250. The molecule has 0 spiro atoms. The number of pyridine rings is 1. The summed E-state index contributed by atoms with van der Waals surface area (Å²) in [5, 5.41) is 7.49. The van der Waals surface area contributed by atoms with E-state index in [1.165, 1.54) is 5.56 Å². The second-order valence-corrected chi connectivity index (χ2v) is 4.61. The van der Waals surface area contributed by atoms with E-state index >= 15 is 0 Å². The molecule has 0 aliphatic rings. The van der Waals surface area contributed by atoms with Crippen LogP contribution >= 0.6 is 0 Å². The zero-order valence-corrected chi connectivity index (χ0v) is 11.6. The van der Waals surface area contributed by atoms with E-state index in [1.54, 1.807) is 6.20 Å². The van der Waals surface area contributed by atoms with Crippen LogP contribution in [0.3, 0.4) is 0 Å². The molecule has 0 aliphatic heterocycles. The summed E-state index contributed by atoms with van der Waals surface area (Å²) < 4.78 is 5.72. The van der Waals surface area contributed by atoms with Crippen LogP contribution in [-0.2, 0) is 13.0 Å². The summed E-state index contributed by atoms with van der Waals surface area (Å²) >= 11 is 0. The summed E-state index contributed by atoms with van der Waals surface area (Å²) in [5.41, 5.74) is 8.11. The van der Waals surface area contributed by atoms with Crippen LogP contribution in [-0.4, -0.2) is 10.8 Å². The van der Waals surface area contributed by atoms with Crippen LogP contribution in [0.15, 0.2) is 42.6 Å². The third-order valence-electron chi connectivity index (χ3n) is 3.00. The lowest BCUT2D eigenvalue weighted by molar-refractivity contribution is 0.305. The van der Waals surface area contributed by atoms with Crippen molar-refractivity contribution in [1.29, 1.82) is 5.41 Å². The van der Waals surface area contributed by atoms with E-state index in [9.17, 15) is 0 Å². The molecule has 0 radical (unpaired) electrons. The summed E-state index contributed by atoms with van der Waals surface area (Å²) in [5.74, 6) is 0.769. The standard InChI is InChI=1S/C16H19N3O/c1-2-4-12-6-8-14(9-7-12)20-11-13-5-3-10-19-15(13)16(17)18/h3,5-10H,2,4,11H2,1H3,(H3,17,18). The third kappa shape index (κ3) is 3.57. The van der Waals surface area contributed by atoms with E-state index in [0.717, 1.165) is 24.2 Å². The van der Waals surface area contributed by atoms with Crippen LogP contribution in [0.5, 0.6) is 5.75 Å². The molecular formula is C16H19N3O. The number of hydrogen-bond acceptors (Lipinski definition) is 3. The van der Waals surface area contributed by atoms with Gasteiger partial charge < -0.3 is 10.5 Å². The number of nitrogens with two attached hydrogens (primary N) is 1. The predicted octanol–water partition coefficient (Wildman–Crippen LogP) is 2.90.